The number of hydrogen-bond acceptors (Lipinski definition) is 4. The summed E-state index contributed by atoms with van der Waals surface area (Å²) in [5, 5.41) is 23.0. The quantitative estimate of drug-likeness (QED) is 0.647. The molecule has 0 aliphatic heterocycles. The lowest BCUT2D eigenvalue weighted by Crippen LogP contribution is -2.03. The number of aryl methyl sites for hydroxylation is 1. The van der Waals surface area contributed by atoms with E-state index < -0.39 is 10.9 Å². The summed E-state index contributed by atoms with van der Waals surface area (Å²) in [4.78, 5) is 21.5. The number of aromatic carboxylic acids is 1. The van der Waals surface area contributed by atoms with Gasteiger partial charge in [-0.05, 0) is 30.2 Å². The highest BCUT2D eigenvalue weighted by molar-refractivity contribution is 5.90. The van der Waals surface area contributed by atoms with Gasteiger partial charge in [-0.15, -0.1) is 0 Å². The van der Waals surface area contributed by atoms with Gasteiger partial charge < -0.3 is 10.4 Å². The molecule has 2 N–H and O–H groups in total. The maximum atomic E-state index is 11.1. The molecule has 0 unspecified atom stereocenters. The number of rotatable bonds is 5. The lowest BCUT2D eigenvalue weighted by Gasteiger charge is -2.11. The zero-order chi connectivity index (χ0) is 15.4. The lowest BCUT2D eigenvalue weighted by molar-refractivity contribution is -0.383. The Morgan fingerprint density at radius 2 is 1.95 bits per heavy atom. The first-order valence-corrected chi connectivity index (χ1v) is 6.39. The highest BCUT2D eigenvalue weighted by Gasteiger charge is 2.17. The van der Waals surface area contributed by atoms with Crippen LogP contribution in [0.25, 0.3) is 0 Å². The molecule has 21 heavy (non-hydrogen) atoms. The maximum Gasteiger partial charge on any atom is 0.335 e. The van der Waals surface area contributed by atoms with E-state index in [-0.39, 0.29) is 16.9 Å². The second-order valence-electron chi connectivity index (χ2n) is 4.43. The highest BCUT2D eigenvalue weighted by Crippen LogP contribution is 2.30. The number of nitro benzene ring substituents is 1. The number of benzene rings is 2. The molecular formula is C15H14N2O4. The largest absolute Gasteiger partial charge is 0.478 e. The molecule has 0 saturated carbocycles. The van der Waals surface area contributed by atoms with E-state index in [0.717, 1.165) is 17.7 Å². The van der Waals surface area contributed by atoms with Gasteiger partial charge in [-0.25, -0.2) is 4.79 Å². The molecule has 0 spiro atoms. The van der Waals surface area contributed by atoms with Crippen LogP contribution in [0.1, 0.15) is 22.8 Å². The van der Waals surface area contributed by atoms with Gasteiger partial charge in [0.15, 0.2) is 0 Å². The van der Waals surface area contributed by atoms with Crippen molar-refractivity contribution in [3.63, 3.8) is 0 Å². The second kappa shape index (κ2) is 6.04. The zero-order valence-electron chi connectivity index (χ0n) is 11.4. The fourth-order valence-corrected chi connectivity index (χ4v) is 2.02. The van der Waals surface area contributed by atoms with Crippen LogP contribution in [-0.2, 0) is 6.42 Å². The molecule has 2 rings (SSSR count). The van der Waals surface area contributed by atoms with Crippen molar-refractivity contribution in [2.45, 2.75) is 13.3 Å². The van der Waals surface area contributed by atoms with E-state index >= 15 is 0 Å². The monoisotopic (exact) mass is 286 g/mol. The summed E-state index contributed by atoms with van der Waals surface area (Å²) in [6.45, 7) is 1.97. The maximum absolute atomic E-state index is 11.1. The molecule has 0 amide bonds. The van der Waals surface area contributed by atoms with Gasteiger partial charge in [0.25, 0.3) is 5.69 Å². The Morgan fingerprint density at radius 1 is 1.24 bits per heavy atom. The summed E-state index contributed by atoms with van der Waals surface area (Å²) in [5.41, 5.74) is 1.72. The van der Waals surface area contributed by atoms with E-state index in [1.165, 1.54) is 18.2 Å². The fourth-order valence-electron chi connectivity index (χ4n) is 2.02. The number of nitrogens with one attached hydrogen (secondary N) is 1. The van der Waals surface area contributed by atoms with Crippen molar-refractivity contribution < 1.29 is 14.8 Å². The summed E-state index contributed by atoms with van der Waals surface area (Å²) in [6, 6.07) is 11.1. The Bertz CT molecular complexity index is 698. The van der Waals surface area contributed by atoms with Crippen LogP contribution in [0.2, 0.25) is 0 Å². The molecular weight excluding hydrogens is 272 g/mol. The normalized spacial score (nSPS) is 10.1. The van der Waals surface area contributed by atoms with Crippen LogP contribution >= 0.6 is 0 Å². The molecule has 0 saturated heterocycles. The Kier molecular flexibility index (Phi) is 4.18. The Morgan fingerprint density at radius 3 is 2.57 bits per heavy atom. The Balaban J connectivity index is 2.48. The van der Waals surface area contributed by atoms with E-state index in [1.54, 1.807) is 6.07 Å². The van der Waals surface area contributed by atoms with Crippen LogP contribution in [-0.4, -0.2) is 16.0 Å². The van der Waals surface area contributed by atoms with Crippen LogP contribution in [0.15, 0.2) is 42.5 Å². The van der Waals surface area contributed by atoms with Gasteiger partial charge in [0.05, 0.1) is 10.5 Å². The SMILES string of the molecule is CCc1ccccc1Nc1cc(C(=O)O)ccc1[N+](=O)[O-]. The van der Waals surface area contributed by atoms with E-state index in [0.29, 0.717) is 0 Å². The summed E-state index contributed by atoms with van der Waals surface area (Å²) in [7, 11) is 0. The van der Waals surface area contributed by atoms with Gasteiger partial charge in [0, 0.05) is 11.8 Å². The van der Waals surface area contributed by atoms with E-state index in [2.05, 4.69) is 5.32 Å². The number of carbonyl (C=O) groups is 1. The van der Waals surface area contributed by atoms with E-state index in [4.69, 9.17) is 5.11 Å². The minimum absolute atomic E-state index is 0.00270. The van der Waals surface area contributed by atoms with E-state index in [1.807, 2.05) is 25.1 Å². The van der Waals surface area contributed by atoms with Crippen molar-refractivity contribution in [3.8, 4) is 0 Å². The number of carboxylic acids is 1. The van der Waals surface area contributed by atoms with Gasteiger partial charge in [0.1, 0.15) is 5.69 Å². The highest BCUT2D eigenvalue weighted by atomic mass is 16.6. The summed E-state index contributed by atoms with van der Waals surface area (Å²) < 4.78 is 0. The van der Waals surface area contributed by atoms with Crippen LogP contribution in [0.3, 0.4) is 0 Å². The molecule has 0 bridgehead atoms. The predicted octanol–water partition coefficient (Wildman–Crippen LogP) is 3.60. The van der Waals surface area contributed by atoms with Gasteiger partial charge in [-0.1, -0.05) is 25.1 Å². The molecule has 6 nitrogen and oxygen atoms in total. The third kappa shape index (κ3) is 3.17. The van der Waals surface area contributed by atoms with Crippen molar-refractivity contribution in [1.29, 1.82) is 0 Å². The third-order valence-electron chi connectivity index (χ3n) is 3.11. The first-order valence-electron chi connectivity index (χ1n) is 6.39. The number of anilines is 2. The van der Waals surface area contributed by atoms with Crippen molar-refractivity contribution in [2.75, 3.05) is 5.32 Å². The smallest absolute Gasteiger partial charge is 0.335 e. The molecule has 0 heterocycles. The number of nitro groups is 1. The number of carboxylic acid groups (broad SMARTS) is 1. The number of hydrogen-bond donors (Lipinski definition) is 2. The standard InChI is InChI=1S/C15H14N2O4/c1-2-10-5-3-4-6-12(10)16-13-9-11(15(18)19)7-8-14(13)17(20)21/h3-9,16H,2H2,1H3,(H,18,19). The summed E-state index contributed by atoms with van der Waals surface area (Å²) >= 11 is 0. The molecule has 108 valence electrons. The van der Waals surface area contributed by atoms with Crippen LogP contribution < -0.4 is 5.32 Å². The lowest BCUT2D eigenvalue weighted by atomic mass is 10.1. The molecule has 2 aromatic carbocycles. The van der Waals surface area contributed by atoms with Crippen LogP contribution in [0, 0.1) is 10.1 Å². The molecule has 0 aliphatic carbocycles. The Hall–Kier alpha value is -2.89. The Labute approximate surface area is 121 Å². The summed E-state index contributed by atoms with van der Waals surface area (Å²) in [6.07, 6.45) is 0.760. The first kappa shape index (κ1) is 14.5. The predicted molar refractivity (Wildman–Crippen MR) is 79.2 cm³/mol. The number of nitrogens with zero attached hydrogens (tertiary/aromatic N) is 1. The van der Waals surface area contributed by atoms with E-state index in [9.17, 15) is 14.9 Å². The topological polar surface area (TPSA) is 92.5 Å². The minimum Gasteiger partial charge on any atom is -0.478 e. The van der Waals surface area contributed by atoms with Gasteiger partial charge in [0.2, 0.25) is 0 Å². The molecule has 0 atom stereocenters. The first-order chi connectivity index (χ1) is 10.0. The van der Waals surface area contributed by atoms with Crippen molar-refractivity contribution >= 4 is 23.0 Å². The zero-order valence-corrected chi connectivity index (χ0v) is 11.4. The molecule has 0 radical (unpaired) electrons. The van der Waals surface area contributed by atoms with Crippen molar-refractivity contribution in [1.82, 2.24) is 0 Å². The average molecular weight is 286 g/mol. The minimum atomic E-state index is -1.13. The van der Waals surface area contributed by atoms with Gasteiger partial charge >= 0.3 is 5.97 Å². The number of para-hydroxylation sites is 1. The van der Waals surface area contributed by atoms with Crippen molar-refractivity contribution in [3.05, 3.63) is 63.7 Å². The van der Waals surface area contributed by atoms with Crippen molar-refractivity contribution in [2.24, 2.45) is 0 Å². The van der Waals surface area contributed by atoms with Gasteiger partial charge in [-0.2, -0.15) is 0 Å². The average Bonchev–Trinajstić information content (AvgIpc) is 2.47. The molecule has 0 fully saturated rings. The van der Waals surface area contributed by atoms with Crippen LogP contribution in [0.4, 0.5) is 17.1 Å². The molecule has 0 aromatic heterocycles. The molecule has 6 heteroatoms. The molecule has 2 aromatic rings. The fraction of sp³-hybridized carbons (Fsp3) is 0.133. The summed E-state index contributed by atoms with van der Waals surface area (Å²) in [5.74, 6) is -1.13. The second-order valence-corrected chi connectivity index (χ2v) is 4.43. The molecule has 0 aliphatic rings. The third-order valence-corrected chi connectivity index (χ3v) is 3.11. The van der Waals surface area contributed by atoms with Crippen LogP contribution in [0.5, 0.6) is 0 Å². The van der Waals surface area contributed by atoms with Gasteiger partial charge in [-0.3, -0.25) is 10.1 Å².